The summed E-state index contributed by atoms with van der Waals surface area (Å²) in [5.41, 5.74) is 0. The largest absolute Gasteiger partial charge is 0.460 e. The summed E-state index contributed by atoms with van der Waals surface area (Å²) in [5.74, 6) is -22.0. The fraction of sp³-hybridized carbons (Fsp3) is 1.00. The lowest BCUT2D eigenvalue weighted by Crippen LogP contribution is -2.66. The zero-order valence-electron chi connectivity index (χ0n) is 11.1. The van der Waals surface area contributed by atoms with Crippen LogP contribution in [0.5, 0.6) is 0 Å². The summed E-state index contributed by atoms with van der Waals surface area (Å²) in [6, 6.07) is 0. The third-order valence-corrected chi connectivity index (χ3v) is 2.57. The van der Waals surface area contributed by atoms with Gasteiger partial charge in [-0.2, -0.15) is 48.3 Å². The highest BCUT2D eigenvalue weighted by atomic mass is 19.4. The van der Waals surface area contributed by atoms with Crippen molar-refractivity contribution in [3.63, 3.8) is 0 Å². The normalized spacial score (nSPS) is 16.6. The van der Waals surface area contributed by atoms with Gasteiger partial charge in [0.05, 0.1) is 6.61 Å². The first-order valence-electron chi connectivity index (χ1n) is 5.82. The summed E-state index contributed by atoms with van der Waals surface area (Å²) in [6.07, 6.45) is -18.5. The van der Waals surface area contributed by atoms with E-state index in [1.807, 2.05) is 0 Å². The van der Waals surface area contributed by atoms with Crippen LogP contribution in [0.2, 0.25) is 0 Å². The van der Waals surface area contributed by atoms with Crippen LogP contribution in [0.1, 0.15) is 19.8 Å². The molecule has 1 nitrogen and oxygen atoms in total. The molecule has 0 aromatic heterocycles. The number of halogens is 12. The summed E-state index contributed by atoms with van der Waals surface area (Å²) in [4.78, 5) is 0. The molecule has 0 fully saturated rings. The van der Waals surface area contributed by atoms with Gasteiger partial charge in [0, 0.05) is 0 Å². The van der Waals surface area contributed by atoms with Gasteiger partial charge in [-0.1, -0.05) is 13.3 Å². The van der Waals surface area contributed by atoms with Crippen LogP contribution in [0.3, 0.4) is 0 Å². The number of unbranched alkanes of at least 4 members (excludes halogenated alkanes) is 1. The minimum atomic E-state index is -7.48. The van der Waals surface area contributed by atoms with E-state index in [2.05, 4.69) is 4.74 Å². The average Bonchev–Trinajstić information content (AvgIpc) is 2.36. The molecule has 0 aliphatic rings. The molecular formula is C10H10F12O. The van der Waals surface area contributed by atoms with E-state index < -0.39 is 42.8 Å². The molecule has 0 aliphatic heterocycles. The molecule has 0 bridgehead atoms. The van der Waals surface area contributed by atoms with E-state index in [9.17, 15) is 52.7 Å². The summed E-state index contributed by atoms with van der Waals surface area (Å²) in [7, 11) is 0. The molecule has 1 atom stereocenters. The Hall–Kier alpha value is -0.880. The Labute approximate surface area is 121 Å². The highest BCUT2D eigenvalue weighted by Crippen LogP contribution is 2.56. The second-order valence-corrected chi connectivity index (χ2v) is 4.40. The monoisotopic (exact) mass is 374 g/mol. The van der Waals surface area contributed by atoms with E-state index in [1.165, 1.54) is 6.92 Å². The van der Waals surface area contributed by atoms with Crippen molar-refractivity contribution in [2.75, 3.05) is 6.61 Å². The van der Waals surface area contributed by atoms with Crippen molar-refractivity contribution in [2.45, 2.75) is 56.0 Å². The van der Waals surface area contributed by atoms with E-state index in [0.29, 0.717) is 0 Å². The standard InChI is InChI=1S/C10H10F12O/c1-2-3-4-23-7(14,15)5(11)6(12,13)8(16,17)9(18,19)10(20,21)22/h5H,2-4H2,1H3. The van der Waals surface area contributed by atoms with Crippen LogP contribution in [0.15, 0.2) is 0 Å². The van der Waals surface area contributed by atoms with Crippen molar-refractivity contribution >= 4 is 0 Å². The van der Waals surface area contributed by atoms with E-state index in [-0.39, 0.29) is 12.8 Å². The van der Waals surface area contributed by atoms with Gasteiger partial charge >= 0.3 is 30.1 Å². The topological polar surface area (TPSA) is 9.23 Å². The fourth-order valence-electron chi connectivity index (χ4n) is 1.18. The SMILES string of the molecule is CCCCOC(F)(F)C(F)C(F)(F)C(F)(F)C(F)(F)C(F)(F)F. The predicted octanol–water partition coefficient (Wildman–Crippen LogP) is 5.20. The first kappa shape index (κ1) is 22.1. The van der Waals surface area contributed by atoms with Crippen LogP contribution in [0, 0.1) is 0 Å². The Morgan fingerprint density at radius 2 is 1.22 bits per heavy atom. The smallest absolute Gasteiger partial charge is 0.318 e. The van der Waals surface area contributed by atoms with Gasteiger partial charge in [-0.15, -0.1) is 0 Å². The first-order chi connectivity index (χ1) is 9.97. The third kappa shape index (κ3) is 3.97. The maximum Gasteiger partial charge on any atom is 0.460 e. The molecule has 140 valence electrons. The molecule has 1 unspecified atom stereocenters. The van der Waals surface area contributed by atoms with Crippen LogP contribution in [0.4, 0.5) is 52.7 Å². The number of alkyl halides is 12. The fourth-order valence-corrected chi connectivity index (χ4v) is 1.18. The molecule has 0 N–H and O–H groups in total. The molecule has 0 aromatic rings. The van der Waals surface area contributed by atoms with Crippen molar-refractivity contribution in [1.29, 1.82) is 0 Å². The van der Waals surface area contributed by atoms with Gasteiger partial charge in [0.2, 0.25) is 0 Å². The molecule has 0 aliphatic carbocycles. The molecule has 0 amide bonds. The number of ether oxygens (including phenoxy) is 1. The van der Waals surface area contributed by atoms with Crippen LogP contribution < -0.4 is 0 Å². The molecule has 0 spiro atoms. The number of hydrogen-bond donors (Lipinski definition) is 0. The van der Waals surface area contributed by atoms with E-state index >= 15 is 0 Å². The van der Waals surface area contributed by atoms with Crippen LogP contribution in [-0.4, -0.2) is 42.8 Å². The van der Waals surface area contributed by atoms with Crippen molar-refractivity contribution < 1.29 is 57.4 Å². The summed E-state index contributed by atoms with van der Waals surface area (Å²) >= 11 is 0. The van der Waals surface area contributed by atoms with Gasteiger partial charge < -0.3 is 4.74 Å². The summed E-state index contributed by atoms with van der Waals surface area (Å²) in [6.45, 7) is 0.280. The third-order valence-electron chi connectivity index (χ3n) is 2.57. The zero-order valence-corrected chi connectivity index (χ0v) is 11.1. The summed E-state index contributed by atoms with van der Waals surface area (Å²) < 4.78 is 154. The second kappa shape index (κ2) is 6.55. The molecule has 0 aromatic carbocycles. The van der Waals surface area contributed by atoms with E-state index in [0.717, 1.165) is 0 Å². The first-order valence-corrected chi connectivity index (χ1v) is 5.82. The van der Waals surface area contributed by atoms with Crippen molar-refractivity contribution in [3.8, 4) is 0 Å². The Morgan fingerprint density at radius 3 is 1.57 bits per heavy atom. The maximum atomic E-state index is 13.0. The lowest BCUT2D eigenvalue weighted by atomic mass is 9.99. The molecule has 0 saturated heterocycles. The van der Waals surface area contributed by atoms with Gasteiger partial charge in [0.15, 0.2) is 0 Å². The molecule has 0 saturated carbocycles. The predicted molar refractivity (Wildman–Crippen MR) is 51.6 cm³/mol. The molecule has 23 heavy (non-hydrogen) atoms. The molecule has 13 heteroatoms. The Kier molecular flexibility index (Phi) is 6.30. The van der Waals surface area contributed by atoms with E-state index in [4.69, 9.17) is 0 Å². The van der Waals surface area contributed by atoms with Gasteiger partial charge in [-0.05, 0) is 6.42 Å². The van der Waals surface area contributed by atoms with Crippen LogP contribution in [-0.2, 0) is 4.74 Å². The Morgan fingerprint density at radius 1 is 0.783 bits per heavy atom. The Bertz CT molecular complexity index is 388. The zero-order chi connectivity index (χ0) is 18.9. The number of rotatable bonds is 8. The van der Waals surface area contributed by atoms with E-state index in [1.54, 1.807) is 0 Å². The maximum absolute atomic E-state index is 13.0. The molecule has 0 radical (unpaired) electrons. The van der Waals surface area contributed by atoms with Crippen molar-refractivity contribution in [2.24, 2.45) is 0 Å². The highest BCUT2D eigenvalue weighted by molar-refractivity contribution is 5.05. The minimum Gasteiger partial charge on any atom is -0.318 e. The highest BCUT2D eigenvalue weighted by Gasteiger charge is 2.85. The lowest BCUT2D eigenvalue weighted by Gasteiger charge is -2.36. The van der Waals surface area contributed by atoms with Crippen molar-refractivity contribution in [1.82, 2.24) is 0 Å². The number of hydrogen-bond acceptors (Lipinski definition) is 1. The molecular weight excluding hydrogens is 364 g/mol. The van der Waals surface area contributed by atoms with Crippen LogP contribution >= 0.6 is 0 Å². The van der Waals surface area contributed by atoms with Gasteiger partial charge in [0.1, 0.15) is 0 Å². The van der Waals surface area contributed by atoms with Gasteiger partial charge in [0.25, 0.3) is 6.17 Å². The van der Waals surface area contributed by atoms with Gasteiger partial charge in [-0.25, -0.2) is 4.39 Å². The minimum absolute atomic E-state index is 0.131. The van der Waals surface area contributed by atoms with Crippen LogP contribution in [0.25, 0.3) is 0 Å². The van der Waals surface area contributed by atoms with Gasteiger partial charge in [-0.3, -0.25) is 0 Å². The quantitative estimate of drug-likeness (QED) is 0.419. The Balaban J connectivity index is 5.59. The summed E-state index contributed by atoms with van der Waals surface area (Å²) in [5, 5.41) is 0. The average molecular weight is 374 g/mol. The molecule has 0 heterocycles. The second-order valence-electron chi connectivity index (χ2n) is 4.40. The lowest BCUT2D eigenvalue weighted by molar-refractivity contribution is -0.421. The van der Waals surface area contributed by atoms with Crippen molar-refractivity contribution in [3.05, 3.63) is 0 Å². The molecule has 0 rings (SSSR count).